The van der Waals surface area contributed by atoms with E-state index in [4.69, 9.17) is 11.6 Å². The van der Waals surface area contributed by atoms with Crippen LogP contribution in [0.25, 0.3) is 0 Å². The molecule has 0 saturated heterocycles. The van der Waals surface area contributed by atoms with Crippen LogP contribution in [0.15, 0.2) is 16.6 Å². The number of carbonyl (C=O) groups excluding carboxylic acids is 1. The summed E-state index contributed by atoms with van der Waals surface area (Å²) in [5.41, 5.74) is 1.94. The van der Waals surface area contributed by atoms with Gasteiger partial charge in [0.2, 0.25) is 5.91 Å². The predicted molar refractivity (Wildman–Crippen MR) is 63.9 cm³/mol. The number of hydrogen-bond donors (Lipinski definition) is 0. The number of carbonyl (C=O) groups is 1. The number of halogens is 3. The SMILES string of the molecule is O=C(CCl)N1CCc2c(Br)cc(F)cc2C1. The normalized spacial score (nSPS) is 14.8. The molecule has 0 aromatic heterocycles. The Morgan fingerprint density at radius 2 is 2.31 bits per heavy atom. The van der Waals surface area contributed by atoms with E-state index in [9.17, 15) is 9.18 Å². The minimum Gasteiger partial charge on any atom is -0.337 e. The molecule has 0 N–H and O–H groups in total. The Morgan fingerprint density at radius 1 is 1.56 bits per heavy atom. The molecule has 5 heteroatoms. The van der Waals surface area contributed by atoms with Gasteiger partial charge >= 0.3 is 0 Å². The molecule has 1 heterocycles. The number of rotatable bonds is 1. The van der Waals surface area contributed by atoms with E-state index in [2.05, 4.69) is 15.9 Å². The van der Waals surface area contributed by atoms with E-state index in [0.29, 0.717) is 13.1 Å². The molecule has 1 aliphatic heterocycles. The number of benzene rings is 1. The second-order valence-corrected chi connectivity index (χ2v) is 4.85. The molecule has 0 unspecified atom stereocenters. The highest BCUT2D eigenvalue weighted by atomic mass is 79.9. The molecule has 0 spiro atoms. The standard InChI is InChI=1S/C11H10BrClFNO/c12-10-4-8(14)3-7-6-15(11(16)5-13)2-1-9(7)10/h3-4H,1-2,5-6H2. The van der Waals surface area contributed by atoms with Gasteiger partial charge in [0.25, 0.3) is 0 Å². The molecular weight excluding hydrogens is 296 g/mol. The summed E-state index contributed by atoms with van der Waals surface area (Å²) in [5, 5.41) is 0. The number of alkyl halides is 1. The van der Waals surface area contributed by atoms with Gasteiger partial charge in [0.1, 0.15) is 11.7 Å². The van der Waals surface area contributed by atoms with Crippen LogP contribution in [0.3, 0.4) is 0 Å². The van der Waals surface area contributed by atoms with Crippen molar-refractivity contribution in [3.8, 4) is 0 Å². The zero-order valence-corrected chi connectivity index (χ0v) is 10.8. The second kappa shape index (κ2) is 4.72. The van der Waals surface area contributed by atoms with Crippen LogP contribution in [0.2, 0.25) is 0 Å². The number of amides is 1. The van der Waals surface area contributed by atoms with Crippen LogP contribution < -0.4 is 0 Å². The lowest BCUT2D eigenvalue weighted by Gasteiger charge is -2.29. The topological polar surface area (TPSA) is 20.3 Å². The Hall–Kier alpha value is -0.610. The predicted octanol–water partition coefficient (Wildman–Crippen LogP) is 2.71. The molecule has 1 aliphatic rings. The van der Waals surface area contributed by atoms with Gasteiger partial charge in [0.15, 0.2) is 0 Å². The van der Waals surface area contributed by atoms with Crippen molar-refractivity contribution in [3.63, 3.8) is 0 Å². The third-order valence-corrected chi connectivity index (χ3v) is 3.65. The molecule has 1 aromatic rings. The van der Waals surface area contributed by atoms with E-state index < -0.39 is 0 Å². The van der Waals surface area contributed by atoms with Crippen LogP contribution in [0.5, 0.6) is 0 Å². The summed E-state index contributed by atoms with van der Waals surface area (Å²) >= 11 is 8.84. The van der Waals surface area contributed by atoms with E-state index in [1.165, 1.54) is 12.1 Å². The quantitative estimate of drug-likeness (QED) is 0.731. The third kappa shape index (κ3) is 2.23. The van der Waals surface area contributed by atoms with Crippen LogP contribution in [0.1, 0.15) is 11.1 Å². The van der Waals surface area contributed by atoms with E-state index in [0.717, 1.165) is 22.0 Å². The molecule has 1 amide bonds. The van der Waals surface area contributed by atoms with Gasteiger partial charge in [-0.15, -0.1) is 11.6 Å². The zero-order valence-electron chi connectivity index (χ0n) is 8.47. The second-order valence-electron chi connectivity index (χ2n) is 3.72. The molecule has 0 bridgehead atoms. The fourth-order valence-corrected chi connectivity index (χ4v) is 2.75. The van der Waals surface area contributed by atoms with Gasteiger partial charge in [0.05, 0.1) is 0 Å². The summed E-state index contributed by atoms with van der Waals surface area (Å²) in [5.74, 6) is -0.412. The van der Waals surface area contributed by atoms with Crippen LogP contribution in [-0.2, 0) is 17.8 Å². The zero-order chi connectivity index (χ0) is 11.7. The molecule has 0 radical (unpaired) electrons. The molecule has 16 heavy (non-hydrogen) atoms. The van der Waals surface area contributed by atoms with Crippen LogP contribution in [0.4, 0.5) is 4.39 Å². The highest BCUT2D eigenvalue weighted by Crippen LogP contribution is 2.27. The maximum atomic E-state index is 13.2. The van der Waals surface area contributed by atoms with E-state index in [1.54, 1.807) is 4.90 Å². The molecule has 2 rings (SSSR count). The first-order valence-electron chi connectivity index (χ1n) is 4.92. The fraction of sp³-hybridized carbons (Fsp3) is 0.364. The molecule has 0 aliphatic carbocycles. The summed E-state index contributed by atoms with van der Waals surface area (Å²) in [6.45, 7) is 1.08. The lowest BCUT2D eigenvalue weighted by Crippen LogP contribution is -2.36. The van der Waals surface area contributed by atoms with Gasteiger partial charge in [-0.1, -0.05) is 15.9 Å². The van der Waals surface area contributed by atoms with Crippen molar-refractivity contribution in [2.45, 2.75) is 13.0 Å². The average Bonchev–Trinajstić information content (AvgIpc) is 2.27. The maximum absolute atomic E-state index is 13.2. The van der Waals surface area contributed by atoms with Gasteiger partial charge in [0, 0.05) is 17.6 Å². The molecule has 0 fully saturated rings. The minimum atomic E-state index is -0.286. The van der Waals surface area contributed by atoms with Crippen molar-refractivity contribution in [1.82, 2.24) is 4.90 Å². The first-order chi connectivity index (χ1) is 7.61. The summed E-state index contributed by atoms with van der Waals surface area (Å²) in [4.78, 5) is 13.1. The summed E-state index contributed by atoms with van der Waals surface area (Å²) < 4.78 is 14.0. The lowest BCUT2D eigenvalue weighted by molar-refractivity contribution is -0.129. The van der Waals surface area contributed by atoms with Crippen LogP contribution in [0, 0.1) is 5.82 Å². The summed E-state index contributed by atoms with van der Waals surface area (Å²) in [6.07, 6.45) is 0.735. The first-order valence-corrected chi connectivity index (χ1v) is 6.25. The number of hydrogen-bond acceptors (Lipinski definition) is 1. The van der Waals surface area contributed by atoms with Crippen molar-refractivity contribution in [3.05, 3.63) is 33.5 Å². The Balaban J connectivity index is 2.30. The van der Waals surface area contributed by atoms with Crippen LogP contribution >= 0.6 is 27.5 Å². The van der Waals surface area contributed by atoms with Crippen molar-refractivity contribution in [2.24, 2.45) is 0 Å². The van der Waals surface area contributed by atoms with E-state index in [1.807, 2.05) is 0 Å². The number of nitrogens with zero attached hydrogens (tertiary/aromatic N) is 1. The largest absolute Gasteiger partial charge is 0.337 e. The Kier molecular flexibility index (Phi) is 3.50. The first kappa shape index (κ1) is 11.9. The Morgan fingerprint density at radius 3 is 3.00 bits per heavy atom. The summed E-state index contributed by atoms with van der Waals surface area (Å²) in [7, 11) is 0. The Labute approximate surface area is 107 Å². The van der Waals surface area contributed by atoms with Gasteiger partial charge in [-0.25, -0.2) is 4.39 Å². The average molecular weight is 307 g/mol. The number of fused-ring (bicyclic) bond motifs is 1. The van der Waals surface area contributed by atoms with Crippen molar-refractivity contribution < 1.29 is 9.18 Å². The highest BCUT2D eigenvalue weighted by Gasteiger charge is 2.22. The van der Waals surface area contributed by atoms with Gasteiger partial charge < -0.3 is 4.90 Å². The fourth-order valence-electron chi connectivity index (χ4n) is 1.91. The van der Waals surface area contributed by atoms with Gasteiger partial charge in [-0.05, 0) is 29.7 Å². The monoisotopic (exact) mass is 305 g/mol. The minimum absolute atomic E-state index is 0.0220. The van der Waals surface area contributed by atoms with Crippen molar-refractivity contribution in [1.29, 1.82) is 0 Å². The molecular formula is C11H10BrClFNO. The van der Waals surface area contributed by atoms with Crippen molar-refractivity contribution in [2.75, 3.05) is 12.4 Å². The van der Waals surface area contributed by atoms with Gasteiger partial charge in [-0.2, -0.15) is 0 Å². The molecule has 1 aromatic carbocycles. The summed E-state index contributed by atoms with van der Waals surface area (Å²) in [6, 6.07) is 2.94. The Bertz CT molecular complexity index is 438. The lowest BCUT2D eigenvalue weighted by atomic mass is 9.99. The molecule has 2 nitrogen and oxygen atoms in total. The maximum Gasteiger partial charge on any atom is 0.237 e. The highest BCUT2D eigenvalue weighted by molar-refractivity contribution is 9.10. The van der Waals surface area contributed by atoms with E-state index in [-0.39, 0.29) is 17.6 Å². The van der Waals surface area contributed by atoms with E-state index >= 15 is 0 Å². The molecule has 86 valence electrons. The molecule has 0 saturated carbocycles. The third-order valence-electron chi connectivity index (χ3n) is 2.71. The molecule has 0 atom stereocenters. The van der Waals surface area contributed by atoms with Crippen LogP contribution in [-0.4, -0.2) is 23.2 Å². The van der Waals surface area contributed by atoms with Crippen molar-refractivity contribution >= 4 is 33.4 Å². The smallest absolute Gasteiger partial charge is 0.237 e. The van der Waals surface area contributed by atoms with Gasteiger partial charge in [-0.3, -0.25) is 4.79 Å².